The second-order valence-electron chi connectivity index (χ2n) is 11.1. The van der Waals surface area contributed by atoms with E-state index in [2.05, 4.69) is 0 Å². The largest absolute Gasteiger partial charge is 0.444 e. The molecule has 35 heavy (non-hydrogen) atoms. The number of likely N-dealkylation sites (tertiary alicyclic amines) is 1. The van der Waals surface area contributed by atoms with Crippen LogP contribution in [0.25, 0.3) is 0 Å². The first-order chi connectivity index (χ1) is 16.1. The Morgan fingerprint density at radius 2 is 1.83 bits per heavy atom. The Hall–Kier alpha value is -2.67. The Morgan fingerprint density at radius 1 is 1.26 bits per heavy atom. The van der Waals surface area contributed by atoms with E-state index in [0.29, 0.717) is 18.4 Å². The predicted octanol–water partition coefficient (Wildman–Crippen LogP) is 4.18. The lowest BCUT2D eigenvalue weighted by molar-refractivity contribution is -0.142. The van der Waals surface area contributed by atoms with Crippen LogP contribution >= 0.6 is 0 Å². The molecule has 2 amide bonds. The molecule has 0 aromatic heterocycles. The minimum atomic E-state index is -3.79. The second kappa shape index (κ2) is 9.41. The molecule has 0 spiro atoms. The summed E-state index contributed by atoms with van der Waals surface area (Å²) in [6.45, 7) is 8.78. The van der Waals surface area contributed by atoms with Crippen molar-refractivity contribution in [3.8, 4) is 6.19 Å². The van der Waals surface area contributed by atoms with Gasteiger partial charge < -0.3 is 4.74 Å². The van der Waals surface area contributed by atoms with E-state index >= 15 is 0 Å². The number of nitrogens with zero attached hydrogens (tertiary/aromatic N) is 3. The summed E-state index contributed by atoms with van der Waals surface area (Å²) in [5.41, 5.74) is -2.17. The molecule has 2 fully saturated rings. The van der Waals surface area contributed by atoms with E-state index in [0.717, 1.165) is 11.2 Å². The van der Waals surface area contributed by atoms with Crippen LogP contribution in [0.2, 0.25) is 0 Å². The number of hydrogen-bond donors (Lipinski definition) is 0. The van der Waals surface area contributed by atoms with Crippen molar-refractivity contribution >= 4 is 21.8 Å². The minimum Gasteiger partial charge on any atom is -0.444 e. The van der Waals surface area contributed by atoms with E-state index in [1.54, 1.807) is 20.8 Å². The standard InChI is InChI=1S/C25H34FN3O5S/c1-16(2)13-25(22(30)28(15-27)19-11-12-19)14-20(35(6,32)33)21(17-7-9-18(26)10-8-17)29(25)23(31)34-24(3,4)5/h7-10,16,19-21H,11-14H2,1-6H3. The predicted molar refractivity (Wildman–Crippen MR) is 128 cm³/mol. The summed E-state index contributed by atoms with van der Waals surface area (Å²) in [5.74, 6) is -1.23. The molecule has 2 aliphatic rings. The average molecular weight is 508 g/mol. The number of halogens is 1. The highest BCUT2D eigenvalue weighted by molar-refractivity contribution is 7.91. The molecule has 0 N–H and O–H groups in total. The normalized spacial score (nSPS) is 24.8. The Labute approximate surface area is 206 Å². The molecule has 1 heterocycles. The highest BCUT2D eigenvalue weighted by Gasteiger charge is 2.63. The van der Waals surface area contributed by atoms with E-state index in [1.807, 2.05) is 20.0 Å². The fraction of sp³-hybridized carbons (Fsp3) is 0.640. The summed E-state index contributed by atoms with van der Waals surface area (Å²) in [6, 6.07) is 3.88. The maximum atomic E-state index is 14.1. The molecule has 0 bridgehead atoms. The molecule has 1 aliphatic carbocycles. The highest BCUT2D eigenvalue weighted by atomic mass is 32.2. The monoisotopic (exact) mass is 507 g/mol. The van der Waals surface area contributed by atoms with Crippen LogP contribution in [-0.2, 0) is 19.4 Å². The van der Waals surface area contributed by atoms with Gasteiger partial charge in [-0.1, -0.05) is 26.0 Å². The maximum absolute atomic E-state index is 14.1. The first kappa shape index (κ1) is 26.9. The third kappa shape index (κ3) is 5.61. The summed E-state index contributed by atoms with van der Waals surface area (Å²) in [4.78, 5) is 30.2. The summed E-state index contributed by atoms with van der Waals surface area (Å²) < 4.78 is 45.6. The molecule has 1 aliphatic heterocycles. The van der Waals surface area contributed by atoms with Gasteiger partial charge in [0.15, 0.2) is 16.0 Å². The molecule has 3 unspecified atom stereocenters. The van der Waals surface area contributed by atoms with Crippen LogP contribution in [0.1, 0.15) is 71.9 Å². The zero-order valence-electron chi connectivity index (χ0n) is 21.1. The number of rotatable bonds is 6. The Morgan fingerprint density at radius 3 is 2.26 bits per heavy atom. The van der Waals surface area contributed by atoms with Gasteiger partial charge in [0.05, 0.1) is 11.3 Å². The Bertz CT molecular complexity index is 1120. The van der Waals surface area contributed by atoms with Gasteiger partial charge in [-0.15, -0.1) is 0 Å². The van der Waals surface area contributed by atoms with E-state index in [9.17, 15) is 27.7 Å². The summed E-state index contributed by atoms with van der Waals surface area (Å²) >= 11 is 0. The van der Waals surface area contributed by atoms with Crippen LogP contribution in [0.5, 0.6) is 0 Å². The average Bonchev–Trinajstić information content (AvgIpc) is 3.47. The smallest absolute Gasteiger partial charge is 0.411 e. The molecule has 8 nitrogen and oxygen atoms in total. The topological polar surface area (TPSA) is 108 Å². The molecule has 3 rings (SSSR count). The molecule has 192 valence electrons. The SMILES string of the molecule is CC(C)CC1(C(=O)N(C#N)C2CC2)CC(S(C)(=O)=O)C(c2ccc(F)cc2)N1C(=O)OC(C)(C)C. The zero-order valence-corrected chi connectivity index (χ0v) is 21.9. The third-order valence-corrected chi connectivity index (χ3v) is 7.89. The molecule has 1 aromatic carbocycles. The van der Waals surface area contributed by atoms with Crippen LogP contribution in [0, 0.1) is 23.2 Å². The van der Waals surface area contributed by atoms with Gasteiger partial charge in [0.25, 0.3) is 5.91 Å². The number of ether oxygens (including phenoxy) is 1. The van der Waals surface area contributed by atoms with Crippen molar-refractivity contribution in [2.75, 3.05) is 6.26 Å². The van der Waals surface area contributed by atoms with Crippen molar-refractivity contribution in [1.29, 1.82) is 5.26 Å². The van der Waals surface area contributed by atoms with Gasteiger partial charge in [0.2, 0.25) is 0 Å². The molecule has 0 radical (unpaired) electrons. The van der Waals surface area contributed by atoms with E-state index in [1.165, 1.54) is 29.2 Å². The number of carbonyl (C=O) groups is 2. The summed E-state index contributed by atoms with van der Waals surface area (Å²) in [6.07, 6.45) is 3.48. The van der Waals surface area contributed by atoms with Gasteiger partial charge in [-0.05, 0) is 70.1 Å². The number of nitriles is 1. The molecule has 1 saturated carbocycles. The maximum Gasteiger partial charge on any atom is 0.411 e. The van der Waals surface area contributed by atoms with Gasteiger partial charge in [-0.25, -0.2) is 22.5 Å². The van der Waals surface area contributed by atoms with Crippen molar-refractivity contribution < 1.29 is 27.1 Å². The number of benzene rings is 1. The van der Waals surface area contributed by atoms with Crippen molar-refractivity contribution in [3.63, 3.8) is 0 Å². The summed E-state index contributed by atoms with van der Waals surface area (Å²) in [5, 5.41) is 8.68. The molecule has 1 aromatic rings. The molecule has 10 heteroatoms. The lowest BCUT2D eigenvalue weighted by Gasteiger charge is -2.42. The number of amides is 2. The third-order valence-electron chi connectivity index (χ3n) is 6.36. The van der Waals surface area contributed by atoms with Crippen LogP contribution in [0.3, 0.4) is 0 Å². The van der Waals surface area contributed by atoms with Crippen molar-refractivity contribution in [1.82, 2.24) is 9.80 Å². The van der Waals surface area contributed by atoms with Crippen LogP contribution < -0.4 is 0 Å². The number of carbonyl (C=O) groups excluding carboxylic acids is 2. The first-order valence-electron chi connectivity index (χ1n) is 11.8. The van der Waals surface area contributed by atoms with Crippen molar-refractivity contribution in [2.45, 2.75) is 88.8 Å². The van der Waals surface area contributed by atoms with E-state index in [-0.39, 0.29) is 24.8 Å². The van der Waals surface area contributed by atoms with Crippen LogP contribution in [-0.4, -0.2) is 58.9 Å². The van der Waals surface area contributed by atoms with Gasteiger partial charge in [-0.2, -0.15) is 5.26 Å². The lowest BCUT2D eigenvalue weighted by atomic mass is 9.84. The highest BCUT2D eigenvalue weighted by Crippen LogP contribution is 2.51. The van der Waals surface area contributed by atoms with Crippen molar-refractivity contribution in [2.24, 2.45) is 5.92 Å². The molecule has 3 atom stereocenters. The number of hydrogen-bond acceptors (Lipinski definition) is 6. The van der Waals surface area contributed by atoms with Crippen molar-refractivity contribution in [3.05, 3.63) is 35.6 Å². The van der Waals surface area contributed by atoms with Crippen LogP contribution in [0.15, 0.2) is 24.3 Å². The Kier molecular flexibility index (Phi) is 7.24. The van der Waals surface area contributed by atoms with Gasteiger partial charge in [0.1, 0.15) is 17.0 Å². The van der Waals surface area contributed by atoms with Gasteiger partial charge >= 0.3 is 6.09 Å². The lowest BCUT2D eigenvalue weighted by Crippen LogP contribution is -2.59. The number of sulfone groups is 1. The zero-order chi connectivity index (χ0) is 26.3. The quantitative estimate of drug-likeness (QED) is 0.422. The van der Waals surface area contributed by atoms with Crippen LogP contribution in [0.4, 0.5) is 9.18 Å². The summed E-state index contributed by atoms with van der Waals surface area (Å²) in [7, 11) is -3.79. The van der Waals surface area contributed by atoms with E-state index in [4.69, 9.17) is 4.74 Å². The Balaban J connectivity index is 2.29. The molecular weight excluding hydrogens is 473 g/mol. The van der Waals surface area contributed by atoms with Gasteiger partial charge in [0, 0.05) is 12.3 Å². The fourth-order valence-electron chi connectivity index (χ4n) is 4.97. The van der Waals surface area contributed by atoms with E-state index < -0.39 is 50.1 Å². The second-order valence-corrected chi connectivity index (χ2v) is 13.3. The minimum absolute atomic E-state index is 0.115. The van der Waals surface area contributed by atoms with Gasteiger partial charge in [-0.3, -0.25) is 9.69 Å². The fourth-order valence-corrected chi connectivity index (χ4v) is 6.29. The first-order valence-corrected chi connectivity index (χ1v) is 13.8. The molecule has 1 saturated heterocycles. The molecular formula is C25H34FN3O5S.